The Balaban J connectivity index is 2.77. The zero-order valence-corrected chi connectivity index (χ0v) is 6.59. The minimum Gasteiger partial charge on any atom is -0.281 e. The summed E-state index contributed by atoms with van der Waals surface area (Å²) in [5, 5.41) is 2.06. The van der Waals surface area contributed by atoms with Gasteiger partial charge in [-0.2, -0.15) is 0 Å². The predicted molar refractivity (Wildman–Crippen MR) is 42.2 cm³/mol. The Labute approximate surface area is 62.1 Å². The van der Waals surface area contributed by atoms with E-state index in [1.807, 2.05) is 17.5 Å². The highest BCUT2D eigenvalue weighted by Gasteiger charge is 2.01. The minimum absolute atomic E-state index is 0.157. The van der Waals surface area contributed by atoms with Gasteiger partial charge in [0.15, 0.2) is 0 Å². The predicted octanol–water partition coefficient (Wildman–Crippen LogP) is 2.25. The van der Waals surface area contributed by atoms with Crippen molar-refractivity contribution in [3.63, 3.8) is 0 Å². The summed E-state index contributed by atoms with van der Waals surface area (Å²) in [7, 11) is 0. The summed E-state index contributed by atoms with van der Waals surface area (Å²) in [6, 6.07) is 3.72. The largest absolute Gasteiger partial charge is 0.281 e. The molecule has 0 unspecified atom stereocenters. The van der Waals surface area contributed by atoms with Crippen LogP contribution in [0.3, 0.4) is 0 Å². The molecule has 0 radical (unpaired) electrons. The molecule has 0 saturated heterocycles. The first-order valence-corrected chi connectivity index (χ1v) is 4.57. The molecule has 1 heterocycles. The average molecular weight is 158 g/mol. The SMILES string of the molecule is CSC(=O)c1cccs1. The van der Waals surface area contributed by atoms with E-state index in [-0.39, 0.29) is 5.12 Å². The van der Waals surface area contributed by atoms with Crippen LogP contribution in [0.25, 0.3) is 0 Å². The maximum Gasteiger partial charge on any atom is 0.229 e. The Morgan fingerprint density at radius 3 is 3.00 bits per heavy atom. The number of thiophene rings is 1. The number of carbonyl (C=O) groups excluding carboxylic acids is 1. The number of carbonyl (C=O) groups is 1. The molecule has 0 atom stereocenters. The first-order valence-electron chi connectivity index (χ1n) is 2.46. The number of hydrogen-bond acceptors (Lipinski definition) is 3. The maximum atomic E-state index is 10.8. The van der Waals surface area contributed by atoms with E-state index in [0.29, 0.717) is 0 Å². The van der Waals surface area contributed by atoms with Gasteiger partial charge in [-0.1, -0.05) is 17.8 Å². The Hall–Kier alpha value is -0.280. The van der Waals surface area contributed by atoms with Gasteiger partial charge in [-0.05, 0) is 17.7 Å². The topological polar surface area (TPSA) is 17.1 Å². The highest BCUT2D eigenvalue weighted by atomic mass is 32.2. The van der Waals surface area contributed by atoms with Crippen LogP contribution in [-0.2, 0) is 0 Å². The van der Waals surface area contributed by atoms with E-state index < -0.39 is 0 Å². The third-order valence-corrected chi connectivity index (χ3v) is 2.50. The lowest BCUT2D eigenvalue weighted by Crippen LogP contribution is -1.84. The summed E-state index contributed by atoms with van der Waals surface area (Å²) < 4.78 is 0. The number of thioether (sulfide) groups is 1. The molecule has 9 heavy (non-hydrogen) atoms. The van der Waals surface area contributed by atoms with Gasteiger partial charge in [0, 0.05) is 0 Å². The van der Waals surface area contributed by atoms with Crippen LogP contribution < -0.4 is 0 Å². The van der Waals surface area contributed by atoms with Crippen LogP contribution in [0, 0.1) is 0 Å². The molecule has 1 aromatic rings. The van der Waals surface area contributed by atoms with Crippen LogP contribution >= 0.6 is 23.1 Å². The van der Waals surface area contributed by atoms with Crippen molar-refractivity contribution in [1.82, 2.24) is 0 Å². The van der Waals surface area contributed by atoms with E-state index in [2.05, 4.69) is 0 Å². The molecule has 0 fully saturated rings. The zero-order valence-electron chi connectivity index (χ0n) is 4.96. The monoisotopic (exact) mass is 158 g/mol. The third kappa shape index (κ3) is 1.56. The van der Waals surface area contributed by atoms with Crippen LogP contribution in [0.15, 0.2) is 17.5 Å². The third-order valence-electron chi connectivity index (χ3n) is 0.908. The Morgan fingerprint density at radius 2 is 2.56 bits per heavy atom. The van der Waals surface area contributed by atoms with E-state index in [4.69, 9.17) is 0 Å². The summed E-state index contributed by atoms with van der Waals surface area (Å²) in [6.45, 7) is 0. The Morgan fingerprint density at radius 1 is 1.78 bits per heavy atom. The van der Waals surface area contributed by atoms with Gasteiger partial charge in [-0.25, -0.2) is 0 Å². The summed E-state index contributed by atoms with van der Waals surface area (Å²) in [5.74, 6) is 0. The molecule has 48 valence electrons. The molecule has 0 aromatic carbocycles. The van der Waals surface area contributed by atoms with Crippen molar-refractivity contribution in [2.24, 2.45) is 0 Å². The molecule has 0 aliphatic rings. The molecule has 1 rings (SSSR count). The summed E-state index contributed by atoms with van der Waals surface area (Å²) >= 11 is 2.74. The molecule has 1 aromatic heterocycles. The molecule has 0 spiro atoms. The minimum atomic E-state index is 0.157. The number of hydrogen-bond donors (Lipinski definition) is 0. The lowest BCUT2D eigenvalue weighted by molar-refractivity contribution is 0.109. The Bertz CT molecular complexity index is 191. The van der Waals surface area contributed by atoms with Crippen molar-refractivity contribution >= 4 is 28.2 Å². The van der Waals surface area contributed by atoms with Crippen molar-refractivity contribution < 1.29 is 4.79 Å². The highest BCUT2D eigenvalue weighted by Crippen LogP contribution is 2.14. The second kappa shape index (κ2) is 3.03. The van der Waals surface area contributed by atoms with E-state index in [9.17, 15) is 4.79 Å². The van der Waals surface area contributed by atoms with Crippen LogP contribution in [-0.4, -0.2) is 11.4 Å². The van der Waals surface area contributed by atoms with Crippen molar-refractivity contribution in [3.05, 3.63) is 22.4 Å². The molecule has 0 amide bonds. The second-order valence-corrected chi connectivity index (χ2v) is 3.20. The highest BCUT2D eigenvalue weighted by molar-refractivity contribution is 8.13. The molecule has 0 N–H and O–H groups in total. The molecular weight excluding hydrogens is 152 g/mol. The molecular formula is C6H6OS2. The van der Waals surface area contributed by atoms with Gasteiger partial charge >= 0.3 is 0 Å². The molecule has 0 aliphatic carbocycles. The summed E-state index contributed by atoms with van der Waals surface area (Å²) in [6.07, 6.45) is 1.79. The maximum absolute atomic E-state index is 10.8. The van der Waals surface area contributed by atoms with Gasteiger partial charge in [0.05, 0.1) is 4.88 Å². The second-order valence-electron chi connectivity index (χ2n) is 1.47. The molecule has 0 aliphatic heterocycles. The fourth-order valence-corrected chi connectivity index (χ4v) is 1.72. The van der Waals surface area contributed by atoms with Gasteiger partial charge in [0.1, 0.15) is 0 Å². The fourth-order valence-electron chi connectivity index (χ4n) is 0.495. The molecule has 1 nitrogen and oxygen atoms in total. The van der Waals surface area contributed by atoms with Gasteiger partial charge in [0.25, 0.3) is 0 Å². The van der Waals surface area contributed by atoms with E-state index >= 15 is 0 Å². The molecule has 0 saturated carbocycles. The smallest absolute Gasteiger partial charge is 0.229 e. The first-order chi connectivity index (χ1) is 4.34. The summed E-state index contributed by atoms with van der Waals surface area (Å²) in [5.41, 5.74) is 0. The van der Waals surface area contributed by atoms with Crippen molar-refractivity contribution in [2.45, 2.75) is 0 Å². The Kier molecular flexibility index (Phi) is 2.30. The van der Waals surface area contributed by atoms with Gasteiger partial charge in [-0.15, -0.1) is 11.3 Å². The zero-order chi connectivity index (χ0) is 6.69. The van der Waals surface area contributed by atoms with Crippen molar-refractivity contribution in [2.75, 3.05) is 6.26 Å². The van der Waals surface area contributed by atoms with E-state index in [1.165, 1.54) is 23.1 Å². The van der Waals surface area contributed by atoms with Crippen LogP contribution in [0.2, 0.25) is 0 Å². The van der Waals surface area contributed by atoms with Crippen LogP contribution in [0.5, 0.6) is 0 Å². The first kappa shape index (κ1) is 6.83. The van der Waals surface area contributed by atoms with E-state index in [1.54, 1.807) is 6.26 Å². The summed E-state index contributed by atoms with van der Waals surface area (Å²) in [4.78, 5) is 11.7. The quantitative estimate of drug-likeness (QED) is 0.623. The normalized spacial score (nSPS) is 9.44. The fraction of sp³-hybridized carbons (Fsp3) is 0.167. The van der Waals surface area contributed by atoms with Crippen LogP contribution in [0.1, 0.15) is 9.67 Å². The number of rotatable bonds is 1. The lowest BCUT2D eigenvalue weighted by atomic mass is 10.5. The van der Waals surface area contributed by atoms with Gasteiger partial charge in [0.2, 0.25) is 5.12 Å². The van der Waals surface area contributed by atoms with Gasteiger partial charge in [-0.3, -0.25) is 4.79 Å². The van der Waals surface area contributed by atoms with E-state index in [0.717, 1.165) is 4.88 Å². The lowest BCUT2D eigenvalue weighted by Gasteiger charge is -1.85. The molecule has 0 bridgehead atoms. The van der Waals surface area contributed by atoms with Crippen LogP contribution in [0.4, 0.5) is 0 Å². The van der Waals surface area contributed by atoms with Crippen molar-refractivity contribution in [1.29, 1.82) is 0 Å². The molecule has 3 heteroatoms. The average Bonchev–Trinajstić information content (AvgIpc) is 2.37. The standard InChI is InChI=1S/C6H6OS2/c1-8-6(7)5-3-2-4-9-5/h2-4H,1H3. The van der Waals surface area contributed by atoms with Gasteiger partial charge < -0.3 is 0 Å². The van der Waals surface area contributed by atoms with Crippen molar-refractivity contribution in [3.8, 4) is 0 Å².